The molecule has 2 atom stereocenters. The van der Waals surface area contributed by atoms with Gasteiger partial charge in [0.05, 0.1) is 5.75 Å². The van der Waals surface area contributed by atoms with Gasteiger partial charge in [-0.3, -0.25) is 9.59 Å². The molecule has 1 amide bonds. The van der Waals surface area contributed by atoms with Crippen molar-refractivity contribution in [2.75, 3.05) is 18.8 Å². The minimum absolute atomic E-state index is 0.0422. The van der Waals surface area contributed by atoms with Gasteiger partial charge < -0.3 is 10.0 Å². The van der Waals surface area contributed by atoms with Crippen molar-refractivity contribution < 1.29 is 14.7 Å². The fourth-order valence-electron chi connectivity index (χ4n) is 2.22. The Bertz CT molecular complexity index is 307. The molecule has 0 radical (unpaired) electrons. The van der Waals surface area contributed by atoms with E-state index >= 15 is 0 Å². The summed E-state index contributed by atoms with van der Waals surface area (Å²) in [5.74, 6) is 0.143. The summed E-state index contributed by atoms with van der Waals surface area (Å²) in [6.07, 6.45) is 2.24. The van der Waals surface area contributed by atoms with Gasteiger partial charge in [0.1, 0.15) is 5.25 Å². The minimum atomic E-state index is -0.824. The summed E-state index contributed by atoms with van der Waals surface area (Å²) in [5.41, 5.74) is 0. The van der Waals surface area contributed by atoms with Gasteiger partial charge in [-0.15, -0.1) is 11.8 Å². The van der Waals surface area contributed by atoms with Crippen LogP contribution in [0.15, 0.2) is 0 Å². The van der Waals surface area contributed by atoms with Gasteiger partial charge in [0.25, 0.3) is 0 Å². The number of carbonyl (C=O) groups is 2. The fraction of sp³-hybridized carbons (Fsp3) is 0.846. The Labute approximate surface area is 113 Å². The van der Waals surface area contributed by atoms with Crippen molar-refractivity contribution in [2.45, 2.75) is 38.9 Å². The molecule has 1 aliphatic heterocycles. The smallest absolute Gasteiger partial charge is 0.316 e. The lowest BCUT2D eigenvalue weighted by Gasteiger charge is -2.31. The van der Waals surface area contributed by atoms with Crippen LogP contribution >= 0.6 is 11.8 Å². The third kappa shape index (κ3) is 4.52. The van der Waals surface area contributed by atoms with Crippen LogP contribution in [0.2, 0.25) is 0 Å². The maximum Gasteiger partial charge on any atom is 0.316 e. The van der Waals surface area contributed by atoms with Crippen molar-refractivity contribution in [3.63, 3.8) is 0 Å². The number of carboxylic acids is 1. The monoisotopic (exact) mass is 273 g/mol. The Hall–Kier alpha value is -0.710. The van der Waals surface area contributed by atoms with Crippen molar-refractivity contribution >= 4 is 23.6 Å². The molecule has 1 heterocycles. The molecular weight excluding hydrogens is 250 g/mol. The van der Waals surface area contributed by atoms with Gasteiger partial charge in [-0.1, -0.05) is 20.8 Å². The Morgan fingerprint density at radius 2 is 2.11 bits per heavy atom. The van der Waals surface area contributed by atoms with E-state index in [1.807, 2.05) is 18.7 Å². The van der Waals surface area contributed by atoms with Gasteiger partial charge in [-0.05, 0) is 24.7 Å². The quantitative estimate of drug-likeness (QED) is 0.833. The van der Waals surface area contributed by atoms with E-state index in [1.165, 1.54) is 18.2 Å². The topological polar surface area (TPSA) is 57.6 Å². The first kappa shape index (κ1) is 15.3. The lowest BCUT2D eigenvalue weighted by atomic mass is 10.0. The van der Waals surface area contributed by atoms with Crippen LogP contribution in [0, 0.1) is 11.8 Å². The molecule has 1 fully saturated rings. The summed E-state index contributed by atoms with van der Waals surface area (Å²) in [6, 6.07) is 0. The van der Waals surface area contributed by atoms with E-state index in [0.717, 1.165) is 19.5 Å². The van der Waals surface area contributed by atoms with Gasteiger partial charge in [0.2, 0.25) is 5.91 Å². The van der Waals surface area contributed by atoms with E-state index < -0.39 is 11.2 Å². The van der Waals surface area contributed by atoms with E-state index in [0.29, 0.717) is 5.92 Å². The number of hydrogen-bond acceptors (Lipinski definition) is 3. The van der Waals surface area contributed by atoms with Crippen molar-refractivity contribution in [2.24, 2.45) is 11.8 Å². The van der Waals surface area contributed by atoms with E-state index in [2.05, 4.69) is 6.92 Å². The van der Waals surface area contributed by atoms with Crippen LogP contribution in [0.1, 0.15) is 33.6 Å². The van der Waals surface area contributed by atoms with Crippen LogP contribution in [0.4, 0.5) is 0 Å². The summed E-state index contributed by atoms with van der Waals surface area (Å²) in [6.45, 7) is 7.54. The minimum Gasteiger partial charge on any atom is -0.480 e. The third-order valence-electron chi connectivity index (χ3n) is 3.24. The second-order valence-corrected chi connectivity index (χ2v) is 6.53. The number of nitrogens with zero attached hydrogens (tertiary/aromatic N) is 1. The molecular formula is C13H23NO3S. The Kier molecular flexibility index (Phi) is 5.99. The van der Waals surface area contributed by atoms with Crippen molar-refractivity contribution in [3.05, 3.63) is 0 Å². The first-order valence-corrected chi connectivity index (χ1v) is 7.59. The molecule has 18 heavy (non-hydrogen) atoms. The van der Waals surface area contributed by atoms with Gasteiger partial charge in [0.15, 0.2) is 0 Å². The van der Waals surface area contributed by atoms with E-state index in [-0.39, 0.29) is 17.6 Å². The first-order chi connectivity index (χ1) is 8.41. The van der Waals surface area contributed by atoms with Crippen LogP contribution in [-0.4, -0.2) is 46.0 Å². The molecule has 1 aliphatic rings. The van der Waals surface area contributed by atoms with Crippen LogP contribution < -0.4 is 0 Å². The van der Waals surface area contributed by atoms with Crippen LogP contribution in [0.3, 0.4) is 0 Å². The average Bonchev–Trinajstić information content (AvgIpc) is 2.28. The zero-order valence-electron chi connectivity index (χ0n) is 11.4. The van der Waals surface area contributed by atoms with Gasteiger partial charge in [-0.2, -0.15) is 0 Å². The fourth-order valence-corrected chi connectivity index (χ4v) is 3.25. The lowest BCUT2D eigenvalue weighted by molar-refractivity contribution is -0.137. The zero-order valence-corrected chi connectivity index (χ0v) is 12.2. The van der Waals surface area contributed by atoms with Crippen LogP contribution in [0.5, 0.6) is 0 Å². The van der Waals surface area contributed by atoms with E-state index in [9.17, 15) is 9.59 Å². The second-order valence-electron chi connectivity index (χ2n) is 5.40. The van der Waals surface area contributed by atoms with E-state index in [1.54, 1.807) is 0 Å². The summed E-state index contributed by atoms with van der Waals surface area (Å²) in [5, 5.41) is 8.57. The number of hydrogen-bond donors (Lipinski definition) is 1. The maximum absolute atomic E-state index is 12.0. The Morgan fingerprint density at radius 1 is 1.44 bits per heavy atom. The third-order valence-corrected chi connectivity index (χ3v) is 4.76. The molecule has 0 aromatic carbocycles. The molecule has 1 saturated heterocycles. The molecule has 5 heteroatoms. The number of amides is 1. The molecule has 104 valence electrons. The van der Waals surface area contributed by atoms with E-state index in [4.69, 9.17) is 5.11 Å². The van der Waals surface area contributed by atoms with Gasteiger partial charge in [-0.25, -0.2) is 0 Å². The van der Waals surface area contributed by atoms with Crippen molar-refractivity contribution in [3.8, 4) is 0 Å². The molecule has 0 bridgehead atoms. The second kappa shape index (κ2) is 7.02. The molecule has 1 rings (SSSR count). The summed E-state index contributed by atoms with van der Waals surface area (Å²) < 4.78 is 0. The summed E-state index contributed by atoms with van der Waals surface area (Å²) in [4.78, 5) is 24.9. The Morgan fingerprint density at radius 3 is 2.61 bits per heavy atom. The highest BCUT2D eigenvalue weighted by molar-refractivity contribution is 8.01. The number of rotatable bonds is 5. The predicted octanol–water partition coefficient (Wildman–Crippen LogP) is 2.09. The molecule has 2 unspecified atom stereocenters. The number of piperidine rings is 1. The van der Waals surface area contributed by atoms with Gasteiger partial charge >= 0.3 is 5.97 Å². The molecule has 4 nitrogen and oxygen atoms in total. The maximum atomic E-state index is 12.0. The highest BCUT2D eigenvalue weighted by Crippen LogP contribution is 2.22. The SMILES string of the molecule is CC1CCCN(C(=O)CSC(C(=O)O)C(C)C)C1. The lowest BCUT2D eigenvalue weighted by Crippen LogP contribution is -2.40. The number of thioether (sulfide) groups is 1. The highest BCUT2D eigenvalue weighted by Gasteiger charge is 2.26. The van der Waals surface area contributed by atoms with Crippen LogP contribution in [-0.2, 0) is 9.59 Å². The molecule has 1 N–H and O–H groups in total. The predicted molar refractivity (Wildman–Crippen MR) is 73.7 cm³/mol. The zero-order chi connectivity index (χ0) is 13.7. The normalized spacial score (nSPS) is 22.0. The number of likely N-dealkylation sites (tertiary alicyclic amines) is 1. The molecule has 0 aliphatic carbocycles. The van der Waals surface area contributed by atoms with Crippen molar-refractivity contribution in [1.82, 2.24) is 4.90 Å². The highest BCUT2D eigenvalue weighted by atomic mass is 32.2. The summed E-state index contributed by atoms with van der Waals surface area (Å²) in [7, 11) is 0. The number of carboxylic acid groups (broad SMARTS) is 1. The van der Waals surface area contributed by atoms with Crippen molar-refractivity contribution in [1.29, 1.82) is 0 Å². The largest absolute Gasteiger partial charge is 0.480 e. The average molecular weight is 273 g/mol. The van der Waals surface area contributed by atoms with Crippen LogP contribution in [0.25, 0.3) is 0 Å². The summed E-state index contributed by atoms with van der Waals surface area (Å²) >= 11 is 1.25. The number of aliphatic carboxylic acids is 1. The molecule has 0 aromatic rings. The number of carbonyl (C=O) groups excluding carboxylic acids is 1. The first-order valence-electron chi connectivity index (χ1n) is 6.54. The standard InChI is InChI=1S/C13H23NO3S/c1-9(2)12(13(16)17)18-8-11(15)14-6-4-5-10(3)7-14/h9-10,12H,4-8H2,1-3H3,(H,16,17). The van der Waals surface area contributed by atoms with Gasteiger partial charge in [0, 0.05) is 13.1 Å². The Balaban J connectivity index is 2.42. The molecule has 0 spiro atoms. The molecule has 0 aromatic heterocycles. The molecule has 0 saturated carbocycles.